The Hall–Kier alpha value is -1.26. The Morgan fingerprint density at radius 3 is 2.67 bits per heavy atom. The Bertz CT molecular complexity index is 467. The van der Waals surface area contributed by atoms with Crippen molar-refractivity contribution < 1.29 is 0 Å². The lowest BCUT2D eigenvalue weighted by Crippen LogP contribution is -1.99. The van der Waals surface area contributed by atoms with Crippen molar-refractivity contribution in [2.24, 2.45) is 5.73 Å². The third kappa shape index (κ3) is 3.15. The molecule has 1 unspecified atom stereocenters. The summed E-state index contributed by atoms with van der Waals surface area (Å²) >= 11 is 1.72. The third-order valence-electron chi connectivity index (χ3n) is 2.99. The molecule has 4 heteroatoms. The summed E-state index contributed by atoms with van der Waals surface area (Å²) < 4.78 is 0. The molecule has 0 aliphatic rings. The quantitative estimate of drug-likeness (QED) is 0.869. The maximum Gasteiger partial charge on any atom is 0.124 e. The minimum Gasteiger partial charge on any atom is -0.330 e. The van der Waals surface area contributed by atoms with Crippen LogP contribution in [-0.4, -0.2) is 16.7 Å². The zero-order valence-electron chi connectivity index (χ0n) is 10.7. The van der Waals surface area contributed by atoms with Gasteiger partial charge in [0.15, 0.2) is 0 Å². The fraction of sp³-hybridized carbons (Fsp3) is 0.429. The van der Waals surface area contributed by atoms with Gasteiger partial charge in [-0.15, -0.1) is 21.5 Å². The summed E-state index contributed by atoms with van der Waals surface area (Å²) in [6.45, 7) is 2.91. The second-order valence-corrected chi connectivity index (χ2v) is 5.39. The van der Waals surface area contributed by atoms with Crippen molar-refractivity contribution in [2.45, 2.75) is 32.1 Å². The van der Waals surface area contributed by atoms with Crippen molar-refractivity contribution in [3.8, 4) is 0 Å². The van der Waals surface area contributed by atoms with E-state index in [0.717, 1.165) is 29.3 Å². The van der Waals surface area contributed by atoms with E-state index < -0.39 is 0 Å². The molecular formula is C14H19N3S. The Kier molecular flexibility index (Phi) is 4.84. The topological polar surface area (TPSA) is 51.8 Å². The Balaban J connectivity index is 2.15. The van der Waals surface area contributed by atoms with Crippen LogP contribution in [0.5, 0.6) is 0 Å². The van der Waals surface area contributed by atoms with E-state index >= 15 is 0 Å². The van der Waals surface area contributed by atoms with Gasteiger partial charge in [-0.1, -0.05) is 37.3 Å². The molecule has 96 valence electrons. The van der Waals surface area contributed by atoms with E-state index in [1.54, 1.807) is 11.3 Å². The first-order chi connectivity index (χ1) is 8.85. The SMILES string of the molecule is CCC(c1ccccc1)c1nnc(CCCN)s1. The maximum absolute atomic E-state index is 5.52. The van der Waals surface area contributed by atoms with Gasteiger partial charge in [0.25, 0.3) is 0 Å². The summed E-state index contributed by atoms with van der Waals surface area (Å²) in [4.78, 5) is 0. The number of hydrogen-bond acceptors (Lipinski definition) is 4. The number of aryl methyl sites for hydroxylation is 1. The fourth-order valence-corrected chi connectivity index (χ4v) is 3.10. The molecule has 18 heavy (non-hydrogen) atoms. The molecule has 1 aromatic carbocycles. The van der Waals surface area contributed by atoms with E-state index in [4.69, 9.17) is 5.73 Å². The molecule has 0 fully saturated rings. The highest BCUT2D eigenvalue weighted by molar-refractivity contribution is 7.11. The number of hydrogen-bond donors (Lipinski definition) is 1. The minimum atomic E-state index is 0.371. The van der Waals surface area contributed by atoms with E-state index in [0.29, 0.717) is 12.5 Å². The van der Waals surface area contributed by atoms with Crippen molar-refractivity contribution in [2.75, 3.05) is 6.54 Å². The van der Waals surface area contributed by atoms with Crippen molar-refractivity contribution in [3.63, 3.8) is 0 Å². The van der Waals surface area contributed by atoms with Gasteiger partial charge in [-0.25, -0.2) is 0 Å². The van der Waals surface area contributed by atoms with Gasteiger partial charge in [0.1, 0.15) is 10.0 Å². The Morgan fingerprint density at radius 1 is 1.22 bits per heavy atom. The fourth-order valence-electron chi connectivity index (χ4n) is 2.00. The second kappa shape index (κ2) is 6.61. The van der Waals surface area contributed by atoms with Crippen LogP contribution in [0.2, 0.25) is 0 Å². The molecule has 0 saturated carbocycles. The average Bonchev–Trinajstić information content (AvgIpc) is 2.87. The molecule has 1 aromatic heterocycles. The highest BCUT2D eigenvalue weighted by atomic mass is 32.1. The summed E-state index contributed by atoms with van der Waals surface area (Å²) in [6, 6.07) is 10.5. The number of nitrogens with two attached hydrogens (primary N) is 1. The van der Waals surface area contributed by atoms with Gasteiger partial charge < -0.3 is 5.73 Å². The Labute approximate surface area is 112 Å². The molecule has 0 saturated heterocycles. The smallest absolute Gasteiger partial charge is 0.124 e. The monoisotopic (exact) mass is 261 g/mol. The lowest BCUT2D eigenvalue weighted by molar-refractivity contribution is 0.748. The molecule has 0 spiro atoms. The van der Waals surface area contributed by atoms with Crippen molar-refractivity contribution in [1.29, 1.82) is 0 Å². The predicted octanol–water partition coefficient (Wildman–Crippen LogP) is 2.97. The third-order valence-corrected chi connectivity index (χ3v) is 4.08. The molecule has 1 atom stereocenters. The van der Waals surface area contributed by atoms with Crippen LogP contribution in [0, 0.1) is 0 Å². The van der Waals surface area contributed by atoms with Gasteiger partial charge in [0.2, 0.25) is 0 Å². The normalized spacial score (nSPS) is 12.6. The van der Waals surface area contributed by atoms with E-state index in [1.165, 1.54) is 5.56 Å². The largest absolute Gasteiger partial charge is 0.330 e. The summed E-state index contributed by atoms with van der Waals surface area (Å²) in [5.41, 5.74) is 6.84. The predicted molar refractivity (Wildman–Crippen MR) is 75.9 cm³/mol. The van der Waals surface area contributed by atoms with Crippen LogP contribution in [-0.2, 0) is 6.42 Å². The van der Waals surface area contributed by atoms with Crippen LogP contribution in [0.4, 0.5) is 0 Å². The lowest BCUT2D eigenvalue weighted by atomic mass is 9.97. The Morgan fingerprint density at radius 2 is 2.00 bits per heavy atom. The number of aromatic nitrogens is 2. The van der Waals surface area contributed by atoms with E-state index in [-0.39, 0.29) is 0 Å². The lowest BCUT2D eigenvalue weighted by Gasteiger charge is -2.11. The van der Waals surface area contributed by atoms with Gasteiger partial charge in [-0.05, 0) is 24.9 Å². The van der Waals surface area contributed by atoms with Crippen LogP contribution in [0.25, 0.3) is 0 Å². The number of nitrogens with zero attached hydrogens (tertiary/aromatic N) is 2. The molecular weight excluding hydrogens is 242 g/mol. The molecule has 2 rings (SSSR count). The summed E-state index contributed by atoms with van der Waals surface area (Å²) in [6.07, 6.45) is 2.98. The van der Waals surface area contributed by atoms with Crippen LogP contribution in [0.15, 0.2) is 30.3 Å². The molecule has 0 aliphatic heterocycles. The van der Waals surface area contributed by atoms with Crippen LogP contribution >= 0.6 is 11.3 Å². The van der Waals surface area contributed by atoms with Gasteiger partial charge in [0.05, 0.1) is 0 Å². The molecule has 1 heterocycles. The first-order valence-corrected chi connectivity index (χ1v) is 7.24. The zero-order valence-corrected chi connectivity index (χ0v) is 11.5. The highest BCUT2D eigenvalue weighted by Crippen LogP contribution is 2.30. The van der Waals surface area contributed by atoms with Crippen LogP contribution in [0.1, 0.15) is 41.3 Å². The van der Waals surface area contributed by atoms with Gasteiger partial charge in [0, 0.05) is 12.3 Å². The van der Waals surface area contributed by atoms with E-state index in [9.17, 15) is 0 Å². The number of rotatable bonds is 6. The van der Waals surface area contributed by atoms with Gasteiger partial charge in [-0.3, -0.25) is 0 Å². The maximum atomic E-state index is 5.52. The first kappa shape index (κ1) is 13.2. The average molecular weight is 261 g/mol. The van der Waals surface area contributed by atoms with Gasteiger partial charge >= 0.3 is 0 Å². The van der Waals surface area contributed by atoms with Crippen molar-refractivity contribution in [3.05, 3.63) is 45.9 Å². The van der Waals surface area contributed by atoms with Gasteiger partial charge in [-0.2, -0.15) is 0 Å². The first-order valence-electron chi connectivity index (χ1n) is 6.42. The molecule has 2 aromatic rings. The van der Waals surface area contributed by atoms with Crippen LogP contribution < -0.4 is 5.73 Å². The van der Waals surface area contributed by atoms with Crippen molar-refractivity contribution in [1.82, 2.24) is 10.2 Å². The standard InChI is InChI=1S/C14H19N3S/c1-2-12(11-7-4-3-5-8-11)14-17-16-13(18-14)9-6-10-15/h3-5,7-8,12H,2,6,9-10,15H2,1H3. The number of benzene rings is 1. The zero-order chi connectivity index (χ0) is 12.8. The molecule has 0 radical (unpaired) electrons. The van der Waals surface area contributed by atoms with E-state index in [1.807, 2.05) is 6.07 Å². The highest BCUT2D eigenvalue weighted by Gasteiger charge is 2.16. The van der Waals surface area contributed by atoms with Crippen LogP contribution in [0.3, 0.4) is 0 Å². The minimum absolute atomic E-state index is 0.371. The summed E-state index contributed by atoms with van der Waals surface area (Å²) in [7, 11) is 0. The molecule has 3 nitrogen and oxygen atoms in total. The van der Waals surface area contributed by atoms with Crippen molar-refractivity contribution >= 4 is 11.3 Å². The molecule has 0 bridgehead atoms. The summed E-state index contributed by atoms with van der Waals surface area (Å²) in [5.74, 6) is 0.371. The second-order valence-electron chi connectivity index (χ2n) is 4.30. The molecule has 0 aliphatic carbocycles. The summed E-state index contributed by atoms with van der Waals surface area (Å²) in [5, 5.41) is 10.8. The molecule has 2 N–H and O–H groups in total. The van der Waals surface area contributed by atoms with E-state index in [2.05, 4.69) is 41.4 Å². The molecule has 0 amide bonds.